The minimum Gasteiger partial charge on any atom is -0.497 e. The molecule has 0 bridgehead atoms. The molecular weight excluding hydrogens is 408 g/mol. The van der Waals surface area contributed by atoms with Crippen LogP contribution in [0.1, 0.15) is 68.4 Å². The van der Waals surface area contributed by atoms with Crippen molar-refractivity contribution in [2.24, 2.45) is 11.3 Å². The molecule has 3 atom stereocenters. The van der Waals surface area contributed by atoms with E-state index in [0.29, 0.717) is 17.1 Å². The second-order valence-electron chi connectivity index (χ2n) is 10.2. The number of methoxy groups -OCH3 is 2. The molecular formula is C26H34O4S. The molecule has 4 nitrogen and oxygen atoms in total. The summed E-state index contributed by atoms with van der Waals surface area (Å²) in [4.78, 5) is 0.382. The number of benzene rings is 2. The maximum absolute atomic E-state index is 14.0. The fraction of sp³-hybridized carbons (Fsp3) is 0.538. The molecule has 168 valence electrons. The molecule has 2 aromatic rings. The first-order valence-electron chi connectivity index (χ1n) is 11.1. The van der Waals surface area contributed by atoms with Crippen molar-refractivity contribution in [3.05, 3.63) is 53.1 Å². The molecule has 2 aliphatic rings. The Balaban J connectivity index is 1.99. The highest BCUT2D eigenvalue weighted by molar-refractivity contribution is 7.91. The Morgan fingerprint density at radius 2 is 1.65 bits per heavy atom. The summed E-state index contributed by atoms with van der Waals surface area (Å²) in [6.45, 7) is 8.87. The molecule has 2 aliphatic carbocycles. The Morgan fingerprint density at radius 3 is 2.26 bits per heavy atom. The summed E-state index contributed by atoms with van der Waals surface area (Å²) in [7, 11) is -0.302. The van der Waals surface area contributed by atoms with Gasteiger partial charge in [0.2, 0.25) is 0 Å². The first-order chi connectivity index (χ1) is 14.5. The number of hydrogen-bond donors (Lipinski definition) is 0. The third kappa shape index (κ3) is 3.45. The zero-order valence-electron chi connectivity index (χ0n) is 19.5. The molecule has 5 heteroatoms. The van der Waals surface area contributed by atoms with Gasteiger partial charge in [-0.05, 0) is 66.7 Å². The second-order valence-corrected chi connectivity index (χ2v) is 12.3. The highest BCUT2D eigenvalue weighted by Gasteiger charge is 2.55. The van der Waals surface area contributed by atoms with Crippen LogP contribution in [0.3, 0.4) is 0 Å². The predicted octanol–water partition coefficient (Wildman–Crippen LogP) is 6.01. The van der Waals surface area contributed by atoms with Crippen LogP contribution < -0.4 is 9.47 Å². The molecule has 0 spiro atoms. The van der Waals surface area contributed by atoms with Crippen LogP contribution in [0.15, 0.2) is 41.3 Å². The average molecular weight is 443 g/mol. The molecule has 2 aromatic carbocycles. The van der Waals surface area contributed by atoms with Crippen molar-refractivity contribution in [3.63, 3.8) is 0 Å². The Bertz CT molecular complexity index is 1090. The van der Waals surface area contributed by atoms with Gasteiger partial charge in [0.15, 0.2) is 9.84 Å². The zero-order chi connectivity index (χ0) is 22.6. The molecule has 0 N–H and O–H groups in total. The van der Waals surface area contributed by atoms with Crippen LogP contribution in [0.2, 0.25) is 0 Å². The quantitative estimate of drug-likeness (QED) is 0.581. The van der Waals surface area contributed by atoms with E-state index in [-0.39, 0.29) is 16.7 Å². The van der Waals surface area contributed by atoms with E-state index in [4.69, 9.17) is 9.47 Å². The standard InChI is InChI=1S/C26H34O4S/c1-17-8-10-19(11-9-17)31(27,28)22-16-23-25(2,3)12-7-13-26(23,4)24-20(22)14-18(29-5)15-21(24)30-6/h8-11,14-15,22-23H,7,12-13,16H2,1-6H3/t22-,23+,26+/m1/s1. The van der Waals surface area contributed by atoms with Gasteiger partial charge >= 0.3 is 0 Å². The van der Waals surface area contributed by atoms with Crippen LogP contribution >= 0.6 is 0 Å². The topological polar surface area (TPSA) is 52.6 Å². The first kappa shape index (κ1) is 22.2. The molecule has 0 heterocycles. The van der Waals surface area contributed by atoms with Crippen LogP contribution in [-0.4, -0.2) is 22.6 Å². The van der Waals surface area contributed by atoms with Gasteiger partial charge in [-0.1, -0.05) is 44.9 Å². The van der Waals surface area contributed by atoms with Gasteiger partial charge in [-0.3, -0.25) is 0 Å². The highest BCUT2D eigenvalue weighted by Crippen LogP contribution is 2.63. The third-order valence-electron chi connectivity index (χ3n) is 7.88. The number of hydrogen-bond acceptors (Lipinski definition) is 4. The van der Waals surface area contributed by atoms with Gasteiger partial charge in [0.25, 0.3) is 0 Å². The fourth-order valence-electron chi connectivity index (χ4n) is 6.28. The van der Waals surface area contributed by atoms with E-state index in [1.807, 2.05) is 31.2 Å². The van der Waals surface area contributed by atoms with Gasteiger partial charge in [-0.2, -0.15) is 0 Å². The number of fused-ring (bicyclic) bond motifs is 3. The molecule has 0 unspecified atom stereocenters. The van der Waals surface area contributed by atoms with E-state index >= 15 is 0 Å². The summed E-state index contributed by atoms with van der Waals surface area (Å²) in [6, 6.07) is 11.1. The zero-order valence-corrected chi connectivity index (χ0v) is 20.3. The van der Waals surface area contributed by atoms with Crippen LogP contribution in [0, 0.1) is 18.3 Å². The molecule has 0 aromatic heterocycles. The van der Waals surface area contributed by atoms with Gasteiger partial charge < -0.3 is 9.47 Å². The minimum absolute atomic E-state index is 0.0523. The lowest BCUT2D eigenvalue weighted by Crippen LogP contribution is -2.49. The van der Waals surface area contributed by atoms with Crippen molar-refractivity contribution >= 4 is 9.84 Å². The number of aryl methyl sites for hydroxylation is 1. The Labute approximate surface area is 186 Å². The normalized spacial score (nSPS) is 27.2. The van der Waals surface area contributed by atoms with E-state index in [0.717, 1.165) is 41.7 Å². The summed E-state index contributed by atoms with van der Waals surface area (Å²) >= 11 is 0. The third-order valence-corrected chi connectivity index (χ3v) is 10.0. The molecule has 0 amide bonds. The molecule has 4 rings (SSSR count). The second kappa shape index (κ2) is 7.54. The van der Waals surface area contributed by atoms with E-state index < -0.39 is 15.1 Å². The van der Waals surface area contributed by atoms with Gasteiger partial charge in [-0.25, -0.2) is 8.42 Å². The van der Waals surface area contributed by atoms with Gasteiger partial charge in [0, 0.05) is 11.6 Å². The fourth-order valence-corrected chi connectivity index (χ4v) is 8.09. The Hall–Kier alpha value is -2.01. The van der Waals surface area contributed by atoms with Crippen LogP contribution in [0.4, 0.5) is 0 Å². The van der Waals surface area contributed by atoms with E-state index in [2.05, 4.69) is 20.8 Å². The predicted molar refractivity (Wildman–Crippen MR) is 124 cm³/mol. The van der Waals surface area contributed by atoms with Crippen molar-refractivity contribution < 1.29 is 17.9 Å². The lowest BCUT2D eigenvalue weighted by molar-refractivity contribution is 0.0376. The first-order valence-corrected chi connectivity index (χ1v) is 12.7. The lowest BCUT2D eigenvalue weighted by Gasteiger charge is -2.56. The van der Waals surface area contributed by atoms with Crippen molar-refractivity contribution in [3.8, 4) is 11.5 Å². The summed E-state index contributed by atoms with van der Waals surface area (Å²) < 4.78 is 39.3. The van der Waals surface area contributed by atoms with Crippen LogP contribution in [0.25, 0.3) is 0 Å². The van der Waals surface area contributed by atoms with E-state index in [9.17, 15) is 8.42 Å². The summed E-state index contributed by atoms with van der Waals surface area (Å²) in [5.41, 5.74) is 2.87. The van der Waals surface area contributed by atoms with Crippen molar-refractivity contribution in [2.45, 2.75) is 68.9 Å². The molecule has 31 heavy (non-hydrogen) atoms. The molecule has 1 saturated carbocycles. The number of sulfone groups is 1. The minimum atomic E-state index is -3.58. The number of rotatable bonds is 4. The summed E-state index contributed by atoms with van der Waals surface area (Å²) in [5, 5.41) is -0.621. The van der Waals surface area contributed by atoms with Crippen molar-refractivity contribution in [2.75, 3.05) is 14.2 Å². The van der Waals surface area contributed by atoms with Crippen LogP contribution in [0.5, 0.6) is 11.5 Å². The number of ether oxygens (including phenoxy) is 2. The van der Waals surface area contributed by atoms with Crippen molar-refractivity contribution in [1.82, 2.24) is 0 Å². The molecule has 0 saturated heterocycles. The van der Waals surface area contributed by atoms with Gasteiger partial charge in [0.05, 0.1) is 24.4 Å². The van der Waals surface area contributed by atoms with Gasteiger partial charge in [0.1, 0.15) is 11.5 Å². The molecule has 0 radical (unpaired) electrons. The average Bonchev–Trinajstić information content (AvgIpc) is 2.72. The molecule has 0 aliphatic heterocycles. The van der Waals surface area contributed by atoms with E-state index in [1.165, 1.54) is 0 Å². The summed E-state index contributed by atoms with van der Waals surface area (Å²) in [5.74, 6) is 1.62. The Morgan fingerprint density at radius 1 is 0.968 bits per heavy atom. The SMILES string of the molecule is COc1cc(OC)c2c(c1)[C@H](S(=O)(=O)c1ccc(C)cc1)C[C@H]1C(C)(C)CCC[C@]21C. The van der Waals surface area contributed by atoms with E-state index in [1.54, 1.807) is 26.4 Å². The Kier molecular flexibility index (Phi) is 5.40. The maximum atomic E-state index is 14.0. The van der Waals surface area contributed by atoms with Crippen molar-refractivity contribution in [1.29, 1.82) is 0 Å². The summed E-state index contributed by atoms with van der Waals surface area (Å²) in [6.07, 6.45) is 3.89. The molecule has 1 fully saturated rings. The maximum Gasteiger partial charge on any atom is 0.185 e. The van der Waals surface area contributed by atoms with Gasteiger partial charge in [-0.15, -0.1) is 0 Å². The highest BCUT2D eigenvalue weighted by atomic mass is 32.2. The monoisotopic (exact) mass is 442 g/mol. The van der Waals surface area contributed by atoms with Crippen LogP contribution in [-0.2, 0) is 15.3 Å². The lowest BCUT2D eigenvalue weighted by atomic mass is 9.50. The largest absolute Gasteiger partial charge is 0.497 e. The smallest absolute Gasteiger partial charge is 0.185 e.